The van der Waals surface area contributed by atoms with Crippen molar-refractivity contribution in [3.8, 4) is 0 Å². The third kappa shape index (κ3) is 3.60. The van der Waals surface area contributed by atoms with Crippen molar-refractivity contribution in [1.82, 2.24) is 0 Å². The van der Waals surface area contributed by atoms with Crippen molar-refractivity contribution in [3.63, 3.8) is 0 Å². The lowest BCUT2D eigenvalue weighted by atomic mass is 9.98. The summed E-state index contributed by atoms with van der Waals surface area (Å²) in [6.07, 6.45) is 2.05. The van der Waals surface area contributed by atoms with E-state index in [1.807, 2.05) is 12.1 Å². The average molecular weight is 277 g/mol. The van der Waals surface area contributed by atoms with Crippen LogP contribution >= 0.6 is 27.5 Å². The van der Waals surface area contributed by atoms with Crippen LogP contribution in [0.4, 0.5) is 0 Å². The molecule has 0 saturated carbocycles. The molecule has 0 aliphatic rings. The van der Waals surface area contributed by atoms with Crippen molar-refractivity contribution in [2.24, 2.45) is 11.7 Å². The minimum Gasteiger partial charge on any atom is -0.330 e. The fourth-order valence-corrected chi connectivity index (χ4v) is 2.20. The lowest BCUT2D eigenvalue weighted by Gasteiger charge is -2.11. The lowest BCUT2D eigenvalue weighted by molar-refractivity contribution is 0.538. The van der Waals surface area contributed by atoms with E-state index in [-0.39, 0.29) is 0 Å². The minimum atomic E-state index is 0.596. The highest BCUT2D eigenvalue weighted by Crippen LogP contribution is 2.24. The van der Waals surface area contributed by atoms with Crippen molar-refractivity contribution >= 4 is 27.5 Å². The standard InChI is InChI=1S/C11H15BrClN/c1-8(4-5-14)6-9-2-3-10(12)7-11(9)13/h2-3,7-8H,4-6,14H2,1H3. The van der Waals surface area contributed by atoms with Crippen molar-refractivity contribution < 1.29 is 0 Å². The van der Waals surface area contributed by atoms with Crippen LogP contribution in [0, 0.1) is 5.92 Å². The van der Waals surface area contributed by atoms with Crippen molar-refractivity contribution in [1.29, 1.82) is 0 Å². The molecule has 0 aliphatic heterocycles. The van der Waals surface area contributed by atoms with Crippen molar-refractivity contribution in [3.05, 3.63) is 33.3 Å². The van der Waals surface area contributed by atoms with Gasteiger partial charge < -0.3 is 5.73 Å². The van der Waals surface area contributed by atoms with Crippen LogP contribution in [0.15, 0.2) is 22.7 Å². The molecule has 1 aromatic carbocycles. The molecule has 78 valence electrons. The largest absolute Gasteiger partial charge is 0.330 e. The van der Waals surface area contributed by atoms with Gasteiger partial charge in [-0.1, -0.05) is 40.5 Å². The summed E-state index contributed by atoms with van der Waals surface area (Å²) in [5.41, 5.74) is 6.71. The first-order chi connectivity index (χ1) is 6.63. The Bertz CT molecular complexity index is 301. The molecule has 1 unspecified atom stereocenters. The van der Waals surface area contributed by atoms with Crippen LogP contribution in [-0.4, -0.2) is 6.54 Å². The summed E-state index contributed by atoms with van der Waals surface area (Å²) in [4.78, 5) is 0. The second-order valence-corrected chi connectivity index (χ2v) is 4.95. The highest BCUT2D eigenvalue weighted by molar-refractivity contribution is 9.10. The zero-order valence-corrected chi connectivity index (χ0v) is 10.6. The predicted molar refractivity (Wildman–Crippen MR) is 65.7 cm³/mol. The summed E-state index contributed by atoms with van der Waals surface area (Å²) in [6.45, 7) is 2.94. The zero-order chi connectivity index (χ0) is 10.6. The molecule has 14 heavy (non-hydrogen) atoms. The Balaban J connectivity index is 2.67. The first kappa shape index (κ1) is 12.0. The van der Waals surface area contributed by atoms with E-state index < -0.39 is 0 Å². The van der Waals surface area contributed by atoms with Gasteiger partial charge in [0, 0.05) is 9.50 Å². The molecule has 2 N–H and O–H groups in total. The van der Waals surface area contributed by atoms with Crippen molar-refractivity contribution in [2.75, 3.05) is 6.54 Å². The Hall–Kier alpha value is -0.0500. The molecule has 0 fully saturated rings. The fraction of sp³-hybridized carbons (Fsp3) is 0.455. The average Bonchev–Trinajstić information content (AvgIpc) is 2.10. The van der Waals surface area contributed by atoms with Gasteiger partial charge in [-0.05, 0) is 43.0 Å². The van der Waals surface area contributed by atoms with E-state index in [2.05, 4.69) is 28.9 Å². The molecule has 1 atom stereocenters. The number of benzene rings is 1. The van der Waals surface area contributed by atoms with Gasteiger partial charge in [-0.15, -0.1) is 0 Å². The summed E-state index contributed by atoms with van der Waals surface area (Å²) in [5, 5.41) is 0.836. The predicted octanol–water partition coefficient (Wildman–Crippen LogP) is 3.63. The zero-order valence-electron chi connectivity index (χ0n) is 8.26. The van der Waals surface area contributed by atoms with Gasteiger partial charge in [0.05, 0.1) is 0 Å². The molecule has 3 heteroatoms. The Kier molecular flexibility index (Phi) is 4.93. The maximum absolute atomic E-state index is 6.11. The number of hydrogen-bond donors (Lipinski definition) is 1. The van der Waals surface area contributed by atoms with Crippen LogP contribution in [0.5, 0.6) is 0 Å². The van der Waals surface area contributed by atoms with Crippen LogP contribution < -0.4 is 5.73 Å². The number of rotatable bonds is 4. The third-order valence-electron chi connectivity index (χ3n) is 2.24. The van der Waals surface area contributed by atoms with Crippen LogP contribution in [-0.2, 0) is 6.42 Å². The molecule has 1 nitrogen and oxygen atoms in total. The van der Waals surface area contributed by atoms with Gasteiger partial charge in [-0.2, -0.15) is 0 Å². The van der Waals surface area contributed by atoms with E-state index in [0.29, 0.717) is 5.92 Å². The molecule has 0 heterocycles. The lowest BCUT2D eigenvalue weighted by Crippen LogP contribution is -2.08. The Morgan fingerprint density at radius 2 is 2.21 bits per heavy atom. The van der Waals surface area contributed by atoms with Crippen LogP contribution in [0.2, 0.25) is 5.02 Å². The summed E-state index contributed by atoms with van der Waals surface area (Å²) in [5.74, 6) is 0.596. The molecule has 1 rings (SSSR count). The van der Waals surface area contributed by atoms with E-state index in [1.165, 1.54) is 5.56 Å². The minimum absolute atomic E-state index is 0.596. The Morgan fingerprint density at radius 1 is 1.50 bits per heavy atom. The molecule has 0 aromatic heterocycles. The highest BCUT2D eigenvalue weighted by atomic mass is 79.9. The Labute approximate surface area is 98.8 Å². The Morgan fingerprint density at radius 3 is 2.79 bits per heavy atom. The second kappa shape index (κ2) is 5.74. The first-order valence-corrected chi connectivity index (χ1v) is 5.94. The monoisotopic (exact) mass is 275 g/mol. The number of halogens is 2. The fourth-order valence-electron chi connectivity index (χ4n) is 1.45. The maximum Gasteiger partial charge on any atom is 0.0449 e. The van der Waals surface area contributed by atoms with Gasteiger partial charge in [0.1, 0.15) is 0 Å². The molecule has 0 spiro atoms. The molecule has 0 bridgehead atoms. The maximum atomic E-state index is 6.11. The summed E-state index contributed by atoms with van der Waals surface area (Å²) >= 11 is 9.50. The molecular weight excluding hydrogens is 261 g/mol. The van der Waals surface area contributed by atoms with E-state index >= 15 is 0 Å². The van der Waals surface area contributed by atoms with Gasteiger partial charge in [0.2, 0.25) is 0 Å². The topological polar surface area (TPSA) is 26.0 Å². The second-order valence-electron chi connectivity index (χ2n) is 3.62. The number of hydrogen-bond acceptors (Lipinski definition) is 1. The summed E-state index contributed by atoms with van der Waals surface area (Å²) < 4.78 is 1.03. The van der Waals surface area contributed by atoms with Crippen LogP contribution in [0.25, 0.3) is 0 Å². The highest BCUT2D eigenvalue weighted by Gasteiger charge is 2.06. The van der Waals surface area contributed by atoms with Gasteiger partial charge in [-0.25, -0.2) is 0 Å². The molecule has 0 saturated heterocycles. The molecule has 0 aliphatic carbocycles. The quantitative estimate of drug-likeness (QED) is 0.893. The smallest absolute Gasteiger partial charge is 0.0449 e. The first-order valence-electron chi connectivity index (χ1n) is 4.77. The molecule has 0 amide bonds. The van der Waals surface area contributed by atoms with E-state index in [1.54, 1.807) is 0 Å². The van der Waals surface area contributed by atoms with Crippen LogP contribution in [0.3, 0.4) is 0 Å². The number of nitrogens with two attached hydrogens (primary N) is 1. The summed E-state index contributed by atoms with van der Waals surface area (Å²) in [6, 6.07) is 6.03. The van der Waals surface area contributed by atoms with Gasteiger partial charge in [-0.3, -0.25) is 0 Å². The van der Waals surface area contributed by atoms with E-state index in [0.717, 1.165) is 28.9 Å². The molecule has 0 radical (unpaired) electrons. The molecule has 1 aromatic rings. The van der Waals surface area contributed by atoms with E-state index in [9.17, 15) is 0 Å². The van der Waals surface area contributed by atoms with E-state index in [4.69, 9.17) is 17.3 Å². The van der Waals surface area contributed by atoms with Gasteiger partial charge >= 0.3 is 0 Å². The third-order valence-corrected chi connectivity index (χ3v) is 3.09. The van der Waals surface area contributed by atoms with Gasteiger partial charge in [0.15, 0.2) is 0 Å². The summed E-state index contributed by atoms with van der Waals surface area (Å²) in [7, 11) is 0. The van der Waals surface area contributed by atoms with Crippen LogP contribution in [0.1, 0.15) is 18.9 Å². The van der Waals surface area contributed by atoms with Crippen molar-refractivity contribution in [2.45, 2.75) is 19.8 Å². The normalized spacial score (nSPS) is 12.9. The molecular formula is C11H15BrClN. The van der Waals surface area contributed by atoms with Gasteiger partial charge in [0.25, 0.3) is 0 Å². The SMILES string of the molecule is CC(CCN)Cc1ccc(Br)cc1Cl.